The van der Waals surface area contributed by atoms with Gasteiger partial charge >= 0.3 is 6.83 Å². The van der Waals surface area contributed by atoms with Crippen LogP contribution in [0.15, 0.2) is 0 Å². The van der Waals surface area contributed by atoms with Gasteiger partial charge in [-0.25, -0.2) is 0 Å². The Morgan fingerprint density at radius 2 is 2.60 bits per heavy atom. The van der Waals surface area contributed by atoms with Gasteiger partial charge in [0.2, 0.25) is 0 Å². The Hall–Kier alpha value is 0.315. The van der Waals surface area contributed by atoms with Crippen LogP contribution in [0.25, 0.3) is 0 Å². The summed E-state index contributed by atoms with van der Waals surface area (Å²) in [5.41, 5.74) is 0. The minimum atomic E-state index is 0.566. The van der Waals surface area contributed by atoms with Gasteiger partial charge < -0.3 is 5.23 Å². The summed E-state index contributed by atoms with van der Waals surface area (Å²) in [4.78, 5) is 0. The predicted octanol–water partition coefficient (Wildman–Crippen LogP) is 0.101. The van der Waals surface area contributed by atoms with E-state index in [1.807, 2.05) is 6.92 Å². The van der Waals surface area contributed by atoms with Gasteiger partial charge in [0.1, 0.15) is 0 Å². The van der Waals surface area contributed by atoms with Crippen LogP contribution in [0.4, 0.5) is 0 Å². The maximum atomic E-state index is 5.19. The summed E-state index contributed by atoms with van der Waals surface area (Å²) in [5.74, 6) is 0. The van der Waals surface area contributed by atoms with E-state index in [0.717, 1.165) is 6.54 Å². The minimum absolute atomic E-state index is 0.566. The smallest absolute Gasteiger partial charge is 0.311 e. The highest BCUT2D eigenvalue weighted by molar-refractivity contribution is 6.92. The highest BCUT2D eigenvalue weighted by Crippen LogP contribution is 1.55. The van der Waals surface area contributed by atoms with E-state index < -0.39 is 0 Å². The van der Waals surface area contributed by atoms with Gasteiger partial charge in [0.05, 0.1) is 0 Å². The molecule has 0 unspecified atom stereocenters. The van der Waals surface area contributed by atoms with E-state index in [2.05, 4.69) is 5.23 Å². The average molecular weight is 91.3 g/mol. The molecular formula is C2H7BClN. The van der Waals surface area contributed by atoms with Gasteiger partial charge in [-0.3, -0.25) is 0 Å². The molecule has 0 aromatic rings. The van der Waals surface area contributed by atoms with Crippen molar-refractivity contribution in [2.75, 3.05) is 6.54 Å². The topological polar surface area (TPSA) is 12.0 Å². The molecule has 0 aromatic carbocycles. The first-order valence-electron chi connectivity index (χ1n) is 1.68. The number of halogens is 1. The molecule has 30 valence electrons. The number of rotatable bonds is 2. The van der Waals surface area contributed by atoms with Crippen LogP contribution in [0.3, 0.4) is 0 Å². The highest BCUT2D eigenvalue weighted by atomic mass is 35.5. The molecule has 3 heteroatoms. The second kappa shape index (κ2) is 4.31. The van der Waals surface area contributed by atoms with E-state index in [4.69, 9.17) is 11.5 Å². The molecule has 5 heavy (non-hydrogen) atoms. The quantitative estimate of drug-likeness (QED) is 0.475. The Morgan fingerprint density at radius 3 is 2.60 bits per heavy atom. The summed E-state index contributed by atoms with van der Waals surface area (Å²) in [6.45, 7) is 3.54. The van der Waals surface area contributed by atoms with Gasteiger partial charge in [0.25, 0.3) is 0 Å². The molecule has 0 heterocycles. The van der Waals surface area contributed by atoms with Crippen molar-refractivity contribution in [3.63, 3.8) is 0 Å². The van der Waals surface area contributed by atoms with Gasteiger partial charge in [-0.1, -0.05) is 6.92 Å². The summed E-state index contributed by atoms with van der Waals surface area (Å²) in [5, 5.41) is 2.88. The third kappa shape index (κ3) is 4.31. The predicted molar refractivity (Wildman–Crippen MR) is 26.7 cm³/mol. The van der Waals surface area contributed by atoms with Crippen molar-refractivity contribution in [3.05, 3.63) is 0 Å². The van der Waals surface area contributed by atoms with Crippen molar-refractivity contribution in [2.45, 2.75) is 6.92 Å². The Kier molecular flexibility index (Phi) is 4.59. The van der Waals surface area contributed by atoms with Gasteiger partial charge in [-0.05, 0) is 6.54 Å². The molecule has 0 amide bonds. The van der Waals surface area contributed by atoms with Gasteiger partial charge in [0, 0.05) is 0 Å². The molecule has 0 bridgehead atoms. The molecular weight excluding hydrogens is 84.3 g/mol. The fraction of sp³-hybridized carbons (Fsp3) is 1.00. The van der Waals surface area contributed by atoms with Crippen LogP contribution in [0.5, 0.6) is 0 Å². The summed E-state index contributed by atoms with van der Waals surface area (Å²) < 4.78 is 0. The molecule has 1 N–H and O–H groups in total. The molecule has 0 atom stereocenters. The van der Waals surface area contributed by atoms with E-state index >= 15 is 0 Å². The first-order chi connectivity index (χ1) is 2.41. The maximum absolute atomic E-state index is 5.19. The third-order valence-electron chi connectivity index (χ3n) is 0.344. The largest absolute Gasteiger partial charge is 0.345 e. The van der Waals surface area contributed by atoms with Crippen LogP contribution in [0, 0.1) is 0 Å². The van der Waals surface area contributed by atoms with Gasteiger partial charge in [-0.2, -0.15) is 11.5 Å². The molecule has 0 saturated carbocycles. The van der Waals surface area contributed by atoms with Crippen LogP contribution in [0.2, 0.25) is 0 Å². The van der Waals surface area contributed by atoms with E-state index in [-0.39, 0.29) is 0 Å². The first-order valence-corrected chi connectivity index (χ1v) is 2.22. The highest BCUT2D eigenvalue weighted by Gasteiger charge is 1.70. The normalized spacial score (nSPS) is 7.60. The maximum Gasteiger partial charge on any atom is 0.311 e. The molecule has 0 spiro atoms. The molecule has 0 rings (SSSR count). The van der Waals surface area contributed by atoms with Crippen LogP contribution >= 0.6 is 11.5 Å². The number of hydrogen-bond acceptors (Lipinski definition) is 1. The lowest BCUT2D eigenvalue weighted by atomic mass is 10.4. The average Bonchev–Trinajstić information content (AvgIpc) is 1.41. The second-order valence-corrected chi connectivity index (χ2v) is 1.00. The lowest BCUT2D eigenvalue weighted by Gasteiger charge is -1.82. The van der Waals surface area contributed by atoms with Crippen molar-refractivity contribution < 1.29 is 0 Å². The van der Waals surface area contributed by atoms with Crippen molar-refractivity contribution in [2.24, 2.45) is 0 Å². The summed E-state index contributed by atoms with van der Waals surface area (Å²) in [6.07, 6.45) is 0. The second-order valence-electron chi connectivity index (χ2n) is 0.737. The Labute approximate surface area is 37.9 Å². The van der Waals surface area contributed by atoms with Crippen LogP contribution in [-0.4, -0.2) is 13.4 Å². The van der Waals surface area contributed by atoms with Crippen molar-refractivity contribution in [1.29, 1.82) is 0 Å². The van der Waals surface area contributed by atoms with Gasteiger partial charge in [0.15, 0.2) is 0 Å². The van der Waals surface area contributed by atoms with E-state index in [0.29, 0.717) is 6.83 Å². The third-order valence-corrected chi connectivity index (χ3v) is 0.533. The molecule has 0 radical (unpaired) electrons. The van der Waals surface area contributed by atoms with Crippen LogP contribution in [0.1, 0.15) is 6.92 Å². The van der Waals surface area contributed by atoms with Crippen molar-refractivity contribution >= 4 is 18.3 Å². The summed E-state index contributed by atoms with van der Waals surface area (Å²) in [6, 6.07) is 0. The molecule has 1 nitrogen and oxygen atoms in total. The fourth-order valence-corrected chi connectivity index (χ4v) is 0.283. The van der Waals surface area contributed by atoms with E-state index in [1.54, 1.807) is 0 Å². The lowest BCUT2D eigenvalue weighted by Crippen LogP contribution is -2.11. The Balaban J connectivity index is 2.19. The Bertz CT molecular complexity index is 17.1. The van der Waals surface area contributed by atoms with E-state index in [1.165, 1.54) is 0 Å². The fourth-order valence-electron chi connectivity index (χ4n) is 0.0945. The molecule has 0 aromatic heterocycles. The number of nitrogens with one attached hydrogen (secondary N) is 1. The molecule has 0 aliphatic rings. The zero-order chi connectivity index (χ0) is 4.12. The molecule has 0 fully saturated rings. The zero-order valence-electron chi connectivity index (χ0n) is 3.29. The van der Waals surface area contributed by atoms with Crippen LogP contribution < -0.4 is 5.23 Å². The molecule has 0 aliphatic heterocycles. The van der Waals surface area contributed by atoms with E-state index in [9.17, 15) is 0 Å². The SMILES string of the molecule is CCNBCl. The summed E-state index contributed by atoms with van der Waals surface area (Å²) in [7, 11) is 0. The zero-order valence-corrected chi connectivity index (χ0v) is 4.05. The Morgan fingerprint density at radius 1 is 2.00 bits per heavy atom. The summed E-state index contributed by atoms with van der Waals surface area (Å²) >= 11 is 5.19. The monoisotopic (exact) mass is 91.0 g/mol. The first kappa shape index (κ1) is 5.31. The van der Waals surface area contributed by atoms with Crippen molar-refractivity contribution in [3.8, 4) is 0 Å². The molecule has 0 saturated heterocycles. The van der Waals surface area contributed by atoms with Crippen molar-refractivity contribution in [1.82, 2.24) is 5.23 Å². The van der Waals surface area contributed by atoms with Gasteiger partial charge in [-0.15, -0.1) is 0 Å². The van der Waals surface area contributed by atoms with Crippen LogP contribution in [-0.2, 0) is 0 Å². The number of hydrogen-bond donors (Lipinski definition) is 1. The molecule has 0 aliphatic carbocycles. The minimum Gasteiger partial charge on any atom is -0.345 e. The standard InChI is InChI=1S/C2H7BClN/c1-2-5-3-4/h3,5H,2H2,1H3. The lowest BCUT2D eigenvalue weighted by molar-refractivity contribution is 1.02.